The predicted molar refractivity (Wildman–Crippen MR) is 110 cm³/mol. The van der Waals surface area contributed by atoms with Crippen LogP contribution in [0.4, 0.5) is 32.2 Å². The highest BCUT2D eigenvalue weighted by molar-refractivity contribution is 7.90. The Morgan fingerprint density at radius 1 is 1.15 bits per heavy atom. The highest BCUT2D eigenvalue weighted by Gasteiger charge is 2.50. The molecule has 0 aliphatic carbocycles. The molecule has 1 fully saturated rings. The van der Waals surface area contributed by atoms with Crippen LogP contribution < -0.4 is 4.90 Å². The van der Waals surface area contributed by atoms with E-state index in [0.29, 0.717) is 15.9 Å². The highest BCUT2D eigenvalue weighted by atomic mass is 35.5. The number of hydrogen-bond donors (Lipinski definition) is 0. The fourth-order valence-electron chi connectivity index (χ4n) is 3.79. The minimum atomic E-state index is -4.52. The summed E-state index contributed by atoms with van der Waals surface area (Å²) in [6.07, 6.45) is -4.29. The Kier molecular flexibility index (Phi) is 5.59. The molecule has 4 rings (SSSR count). The van der Waals surface area contributed by atoms with Crippen LogP contribution in [0.15, 0.2) is 47.4 Å². The van der Waals surface area contributed by atoms with Gasteiger partial charge in [0.05, 0.1) is 33.4 Å². The van der Waals surface area contributed by atoms with Gasteiger partial charge in [-0.1, -0.05) is 29.8 Å². The van der Waals surface area contributed by atoms with E-state index in [9.17, 15) is 34.8 Å². The molecule has 0 radical (unpaired) electrons. The van der Waals surface area contributed by atoms with E-state index in [2.05, 4.69) is 5.10 Å². The predicted octanol–water partition coefficient (Wildman–Crippen LogP) is 5.52. The van der Waals surface area contributed by atoms with Crippen molar-refractivity contribution in [3.05, 3.63) is 53.1 Å². The second-order valence-corrected chi connectivity index (χ2v) is 9.98. The molecule has 5 nitrogen and oxygen atoms in total. The fourth-order valence-corrected chi connectivity index (χ4v) is 5.32. The third kappa shape index (κ3) is 4.14. The number of hydrogen-bond acceptors (Lipinski definition) is 4. The summed E-state index contributed by atoms with van der Waals surface area (Å²) in [5.41, 5.74) is -0.555. The molecule has 0 unspecified atom stereocenters. The first-order chi connectivity index (χ1) is 15.2. The molecule has 2 heterocycles. The van der Waals surface area contributed by atoms with Crippen molar-refractivity contribution in [2.45, 2.75) is 42.6 Å². The lowest BCUT2D eigenvalue weighted by Gasteiger charge is -2.23. The quantitative estimate of drug-likeness (QED) is 0.423. The molecule has 178 valence electrons. The van der Waals surface area contributed by atoms with E-state index in [1.165, 1.54) is 18.2 Å². The Morgan fingerprint density at radius 2 is 1.79 bits per heavy atom. The van der Waals surface area contributed by atoms with Crippen molar-refractivity contribution in [1.29, 1.82) is 0 Å². The topological polar surface area (TPSA) is 55.2 Å². The normalized spacial score (nSPS) is 19.1. The zero-order valence-corrected chi connectivity index (χ0v) is 18.4. The molecule has 0 bridgehead atoms. The van der Waals surface area contributed by atoms with Gasteiger partial charge in [-0.25, -0.2) is 26.3 Å². The summed E-state index contributed by atoms with van der Waals surface area (Å²) in [4.78, 5) is 0.245. The Morgan fingerprint density at radius 3 is 2.36 bits per heavy atom. The van der Waals surface area contributed by atoms with Crippen LogP contribution >= 0.6 is 11.6 Å². The number of anilines is 1. The highest BCUT2D eigenvalue weighted by Crippen LogP contribution is 2.42. The molecule has 3 aromatic rings. The van der Waals surface area contributed by atoms with Crippen molar-refractivity contribution >= 4 is 38.3 Å². The molecule has 2 aromatic carbocycles. The van der Waals surface area contributed by atoms with Crippen molar-refractivity contribution in [3.63, 3.8) is 0 Å². The smallest absolute Gasteiger partial charge is 0.283 e. The van der Waals surface area contributed by atoms with Gasteiger partial charge < -0.3 is 4.90 Å². The van der Waals surface area contributed by atoms with E-state index in [1.807, 2.05) is 0 Å². The fraction of sp³-hybridized carbons (Fsp3) is 0.350. The van der Waals surface area contributed by atoms with E-state index in [4.69, 9.17) is 11.6 Å². The molecule has 13 heteroatoms. The summed E-state index contributed by atoms with van der Waals surface area (Å²) in [5.74, 6) is -7.08. The first kappa shape index (κ1) is 23.7. The maximum Gasteiger partial charge on any atom is 0.283 e. The third-order valence-electron chi connectivity index (χ3n) is 5.37. The van der Waals surface area contributed by atoms with Crippen molar-refractivity contribution in [2.24, 2.45) is 0 Å². The molecule has 1 aromatic heterocycles. The van der Waals surface area contributed by atoms with Crippen molar-refractivity contribution in [2.75, 3.05) is 11.4 Å². The Balaban J connectivity index is 1.89. The second kappa shape index (κ2) is 7.79. The van der Waals surface area contributed by atoms with Crippen molar-refractivity contribution in [3.8, 4) is 0 Å². The number of rotatable bonds is 5. The van der Waals surface area contributed by atoms with E-state index in [-0.39, 0.29) is 15.9 Å². The third-order valence-corrected chi connectivity index (χ3v) is 7.28. The van der Waals surface area contributed by atoms with Crippen LogP contribution in [0.1, 0.15) is 18.9 Å². The van der Waals surface area contributed by atoms with Gasteiger partial charge >= 0.3 is 0 Å². The van der Waals surface area contributed by atoms with Crippen LogP contribution in [-0.4, -0.2) is 42.5 Å². The minimum absolute atomic E-state index is 0.0758. The van der Waals surface area contributed by atoms with Crippen LogP contribution in [0.2, 0.25) is 5.02 Å². The van der Waals surface area contributed by atoms with Gasteiger partial charge in [-0.05, 0) is 24.3 Å². The largest absolute Gasteiger partial charge is 0.340 e. The van der Waals surface area contributed by atoms with Crippen LogP contribution in [0, 0.1) is 0 Å². The Bertz CT molecular complexity index is 1310. The number of aromatic nitrogens is 2. The molecule has 1 atom stereocenters. The van der Waals surface area contributed by atoms with E-state index in [0.717, 1.165) is 24.3 Å². The maximum absolute atomic E-state index is 14.0. The van der Waals surface area contributed by atoms with Crippen LogP contribution in [0.25, 0.3) is 10.9 Å². The lowest BCUT2D eigenvalue weighted by atomic mass is 10.1. The second-order valence-electron chi connectivity index (χ2n) is 7.81. The van der Waals surface area contributed by atoms with E-state index in [1.54, 1.807) is 0 Å². The molecule has 0 amide bonds. The molecular formula is C20H16ClF6N3O2S. The number of benzene rings is 2. The number of nitrogens with zero attached hydrogens (tertiary/aromatic N) is 3. The first-order valence-corrected chi connectivity index (χ1v) is 11.4. The average Bonchev–Trinajstić information content (AvgIpc) is 3.26. The molecule has 1 aliphatic heterocycles. The van der Waals surface area contributed by atoms with Gasteiger partial charge in [-0.3, -0.25) is 0 Å². The van der Waals surface area contributed by atoms with Gasteiger partial charge in [0, 0.05) is 18.9 Å². The summed E-state index contributed by atoms with van der Waals surface area (Å²) in [7, 11) is -4.52. The molecule has 33 heavy (non-hydrogen) atoms. The molecule has 0 N–H and O–H groups in total. The SMILES string of the molecule is CC(F)(F)c1ccc(S(=O)(=O)n2nc(N3CC(F)(F)C[C@@H]3C(F)F)c3c(Cl)cccc32)cc1. The van der Waals surface area contributed by atoms with Crippen LogP contribution in [0.5, 0.6) is 0 Å². The molecular weight excluding hydrogens is 496 g/mol. The number of halogens is 7. The zero-order chi connectivity index (χ0) is 24.3. The summed E-state index contributed by atoms with van der Waals surface area (Å²) in [6.45, 7) is -0.448. The molecule has 0 saturated carbocycles. The number of alkyl halides is 6. The van der Waals surface area contributed by atoms with Gasteiger partial charge in [0.2, 0.25) is 0 Å². The van der Waals surface area contributed by atoms with Gasteiger partial charge in [0.15, 0.2) is 5.82 Å². The Hall–Kier alpha value is -2.47. The summed E-state index contributed by atoms with van der Waals surface area (Å²) >= 11 is 6.19. The molecule has 1 aliphatic rings. The van der Waals surface area contributed by atoms with Crippen LogP contribution in [-0.2, 0) is 15.9 Å². The summed E-state index contributed by atoms with van der Waals surface area (Å²) < 4.78 is 109. The summed E-state index contributed by atoms with van der Waals surface area (Å²) in [6, 6.07) is 5.87. The van der Waals surface area contributed by atoms with Gasteiger partial charge in [-0.15, -0.1) is 5.10 Å². The lowest BCUT2D eigenvalue weighted by Crippen LogP contribution is -2.36. The van der Waals surface area contributed by atoms with Crippen LogP contribution in [0.3, 0.4) is 0 Å². The Labute approximate surface area is 189 Å². The molecule has 0 spiro atoms. The minimum Gasteiger partial charge on any atom is -0.340 e. The maximum atomic E-state index is 14.0. The van der Waals surface area contributed by atoms with Crippen molar-refractivity contribution < 1.29 is 34.8 Å². The summed E-state index contributed by atoms with van der Waals surface area (Å²) in [5, 5.41) is 3.73. The van der Waals surface area contributed by atoms with Gasteiger partial charge in [0.25, 0.3) is 28.3 Å². The standard InChI is InChI=1S/C20H16ClF6N3O2S/c1-19(24,25)11-5-7-12(8-6-11)33(31,32)30-14-4-2-3-13(21)16(14)18(28-30)29-10-20(26,27)9-15(29)17(22)23/h2-8,15,17H,9-10H2,1H3/t15-/m1/s1. The van der Waals surface area contributed by atoms with E-state index >= 15 is 0 Å². The monoisotopic (exact) mass is 511 g/mol. The average molecular weight is 512 g/mol. The van der Waals surface area contributed by atoms with Crippen molar-refractivity contribution in [1.82, 2.24) is 9.19 Å². The molecule has 1 saturated heterocycles. The lowest BCUT2D eigenvalue weighted by molar-refractivity contribution is 0.0111. The first-order valence-electron chi connectivity index (χ1n) is 9.56. The number of fused-ring (bicyclic) bond motifs is 1. The van der Waals surface area contributed by atoms with E-state index < -0.39 is 63.6 Å². The zero-order valence-electron chi connectivity index (χ0n) is 16.8. The van der Waals surface area contributed by atoms with Gasteiger partial charge in [0.1, 0.15) is 0 Å². The van der Waals surface area contributed by atoms with Gasteiger partial charge in [-0.2, -0.15) is 12.5 Å².